The number of benzene rings is 2. The lowest BCUT2D eigenvalue weighted by Gasteiger charge is -2.04. The van der Waals surface area contributed by atoms with Crippen LogP contribution in [-0.4, -0.2) is 14.2 Å². The normalized spacial score (nSPS) is 10.7. The van der Waals surface area contributed by atoms with Crippen molar-refractivity contribution in [2.24, 2.45) is 0 Å². The smallest absolute Gasteiger partial charge is 0.176 e. The van der Waals surface area contributed by atoms with Gasteiger partial charge in [0, 0.05) is 16.5 Å². The van der Waals surface area contributed by atoms with Crippen molar-refractivity contribution in [1.82, 2.24) is 0 Å². The standard InChI is InChI=1S/C20H20O3/c1-5-6-14-11-17-13(2)19(23-20(17)18(12-14)22-4)15-7-9-16(21-3)10-8-15/h5,7-12H,1,6H2,2-4H3. The summed E-state index contributed by atoms with van der Waals surface area (Å²) in [6, 6.07) is 12.0. The van der Waals surface area contributed by atoms with Crippen LogP contribution in [0.4, 0.5) is 0 Å². The Kier molecular flexibility index (Phi) is 4.11. The van der Waals surface area contributed by atoms with Gasteiger partial charge in [-0.15, -0.1) is 6.58 Å². The lowest BCUT2D eigenvalue weighted by molar-refractivity contribution is 0.410. The number of ether oxygens (including phenoxy) is 2. The van der Waals surface area contributed by atoms with Crippen LogP contribution in [0.25, 0.3) is 22.3 Å². The Hall–Kier alpha value is -2.68. The number of rotatable bonds is 5. The molecule has 0 saturated carbocycles. The zero-order valence-electron chi connectivity index (χ0n) is 13.7. The van der Waals surface area contributed by atoms with E-state index in [2.05, 4.69) is 19.6 Å². The van der Waals surface area contributed by atoms with Crippen LogP contribution in [-0.2, 0) is 6.42 Å². The largest absolute Gasteiger partial charge is 0.497 e. The van der Waals surface area contributed by atoms with Gasteiger partial charge < -0.3 is 13.9 Å². The summed E-state index contributed by atoms with van der Waals surface area (Å²) >= 11 is 0. The van der Waals surface area contributed by atoms with Crippen LogP contribution in [0.15, 0.2) is 53.5 Å². The van der Waals surface area contributed by atoms with Crippen molar-refractivity contribution < 1.29 is 13.9 Å². The van der Waals surface area contributed by atoms with Gasteiger partial charge in [-0.3, -0.25) is 0 Å². The fourth-order valence-corrected chi connectivity index (χ4v) is 2.80. The average molecular weight is 308 g/mol. The third kappa shape index (κ3) is 2.70. The molecule has 0 atom stereocenters. The molecular weight excluding hydrogens is 288 g/mol. The molecule has 0 bridgehead atoms. The molecular formula is C20H20O3. The van der Waals surface area contributed by atoms with Gasteiger partial charge in [-0.2, -0.15) is 0 Å². The first-order valence-electron chi connectivity index (χ1n) is 7.53. The Balaban J connectivity index is 2.18. The summed E-state index contributed by atoms with van der Waals surface area (Å²) in [5.74, 6) is 2.44. The second-order valence-corrected chi connectivity index (χ2v) is 5.45. The third-order valence-corrected chi connectivity index (χ3v) is 4.02. The molecule has 3 aromatic rings. The van der Waals surface area contributed by atoms with Crippen molar-refractivity contribution in [2.45, 2.75) is 13.3 Å². The van der Waals surface area contributed by atoms with Gasteiger partial charge in [0.1, 0.15) is 11.5 Å². The highest BCUT2D eigenvalue weighted by molar-refractivity contribution is 5.92. The molecule has 3 nitrogen and oxygen atoms in total. The Labute approximate surface area is 136 Å². The summed E-state index contributed by atoms with van der Waals surface area (Å²) < 4.78 is 16.8. The molecule has 2 aromatic carbocycles. The van der Waals surface area contributed by atoms with Gasteiger partial charge in [0.05, 0.1) is 14.2 Å². The molecule has 0 fully saturated rings. The minimum absolute atomic E-state index is 0.752. The number of allylic oxidation sites excluding steroid dienone is 1. The Morgan fingerprint density at radius 3 is 2.43 bits per heavy atom. The summed E-state index contributed by atoms with van der Waals surface area (Å²) in [5.41, 5.74) is 4.07. The van der Waals surface area contributed by atoms with Gasteiger partial charge in [0.15, 0.2) is 11.3 Å². The number of furan rings is 1. The second kappa shape index (κ2) is 6.21. The van der Waals surface area contributed by atoms with Crippen molar-refractivity contribution in [2.75, 3.05) is 14.2 Å². The fraction of sp³-hybridized carbons (Fsp3) is 0.200. The van der Waals surface area contributed by atoms with Crippen molar-refractivity contribution in [3.8, 4) is 22.8 Å². The number of hydrogen-bond acceptors (Lipinski definition) is 3. The lowest BCUT2D eigenvalue weighted by atomic mass is 10.0. The predicted molar refractivity (Wildman–Crippen MR) is 93.4 cm³/mol. The predicted octanol–water partition coefficient (Wildman–Crippen LogP) is 5.15. The van der Waals surface area contributed by atoms with E-state index in [4.69, 9.17) is 13.9 Å². The van der Waals surface area contributed by atoms with E-state index >= 15 is 0 Å². The van der Waals surface area contributed by atoms with Gasteiger partial charge in [0.2, 0.25) is 0 Å². The maximum absolute atomic E-state index is 6.12. The van der Waals surface area contributed by atoms with Crippen molar-refractivity contribution >= 4 is 11.0 Å². The minimum Gasteiger partial charge on any atom is -0.497 e. The summed E-state index contributed by atoms with van der Waals surface area (Å²) in [6.45, 7) is 5.88. The van der Waals surface area contributed by atoms with Crippen LogP contribution in [0.5, 0.6) is 11.5 Å². The molecule has 0 aliphatic carbocycles. The maximum atomic E-state index is 6.12. The van der Waals surface area contributed by atoms with Crippen LogP contribution >= 0.6 is 0 Å². The van der Waals surface area contributed by atoms with Crippen molar-refractivity contribution in [3.05, 3.63) is 60.2 Å². The molecule has 0 spiro atoms. The average Bonchev–Trinajstić information content (AvgIpc) is 2.92. The van der Waals surface area contributed by atoms with Crippen molar-refractivity contribution in [1.29, 1.82) is 0 Å². The first-order valence-corrected chi connectivity index (χ1v) is 7.53. The van der Waals surface area contributed by atoms with E-state index in [1.807, 2.05) is 36.4 Å². The Morgan fingerprint density at radius 2 is 1.83 bits per heavy atom. The topological polar surface area (TPSA) is 31.6 Å². The molecule has 0 radical (unpaired) electrons. The molecule has 118 valence electrons. The van der Waals surface area contributed by atoms with Crippen LogP contribution in [0, 0.1) is 6.92 Å². The summed E-state index contributed by atoms with van der Waals surface area (Å²) in [4.78, 5) is 0. The zero-order valence-corrected chi connectivity index (χ0v) is 13.7. The molecule has 0 amide bonds. The molecule has 23 heavy (non-hydrogen) atoms. The fourth-order valence-electron chi connectivity index (χ4n) is 2.80. The molecule has 0 unspecified atom stereocenters. The van der Waals surface area contributed by atoms with Gasteiger partial charge in [-0.25, -0.2) is 0 Å². The number of fused-ring (bicyclic) bond motifs is 1. The van der Waals surface area contributed by atoms with Crippen molar-refractivity contribution in [3.63, 3.8) is 0 Å². The number of methoxy groups -OCH3 is 2. The lowest BCUT2D eigenvalue weighted by Crippen LogP contribution is -1.87. The third-order valence-electron chi connectivity index (χ3n) is 4.02. The second-order valence-electron chi connectivity index (χ2n) is 5.45. The first-order chi connectivity index (χ1) is 11.2. The van der Waals surface area contributed by atoms with E-state index in [-0.39, 0.29) is 0 Å². The van der Waals surface area contributed by atoms with E-state index < -0.39 is 0 Å². The monoisotopic (exact) mass is 308 g/mol. The SMILES string of the molecule is C=CCc1cc(OC)c2oc(-c3ccc(OC)cc3)c(C)c2c1. The summed E-state index contributed by atoms with van der Waals surface area (Å²) in [6.07, 6.45) is 2.69. The van der Waals surface area contributed by atoms with Gasteiger partial charge >= 0.3 is 0 Å². The van der Waals surface area contributed by atoms with E-state index in [1.54, 1.807) is 14.2 Å². The molecule has 1 heterocycles. The van der Waals surface area contributed by atoms with Crippen LogP contribution in [0.2, 0.25) is 0 Å². The summed E-state index contributed by atoms with van der Waals surface area (Å²) in [5, 5.41) is 1.08. The van der Waals surface area contributed by atoms with E-state index in [0.717, 1.165) is 51.3 Å². The molecule has 0 N–H and O–H groups in total. The molecule has 0 saturated heterocycles. The number of aryl methyl sites for hydroxylation is 1. The molecule has 3 heteroatoms. The Bertz CT molecular complexity index is 841. The van der Waals surface area contributed by atoms with Gasteiger partial charge in [-0.05, 0) is 55.3 Å². The van der Waals surface area contributed by atoms with Crippen LogP contribution in [0.1, 0.15) is 11.1 Å². The molecule has 1 aromatic heterocycles. The van der Waals surface area contributed by atoms with Gasteiger partial charge in [0.25, 0.3) is 0 Å². The van der Waals surface area contributed by atoms with E-state index in [1.165, 1.54) is 0 Å². The minimum atomic E-state index is 0.752. The zero-order chi connectivity index (χ0) is 16.4. The highest BCUT2D eigenvalue weighted by atomic mass is 16.5. The first kappa shape index (κ1) is 15.2. The van der Waals surface area contributed by atoms with Crippen LogP contribution < -0.4 is 9.47 Å². The highest BCUT2D eigenvalue weighted by Crippen LogP contribution is 2.38. The number of hydrogen-bond donors (Lipinski definition) is 0. The van der Waals surface area contributed by atoms with Crippen LogP contribution in [0.3, 0.4) is 0 Å². The molecule has 3 rings (SSSR count). The van der Waals surface area contributed by atoms with E-state index in [0.29, 0.717) is 0 Å². The quantitative estimate of drug-likeness (QED) is 0.611. The Morgan fingerprint density at radius 1 is 1.09 bits per heavy atom. The molecule has 0 aliphatic heterocycles. The maximum Gasteiger partial charge on any atom is 0.176 e. The van der Waals surface area contributed by atoms with Gasteiger partial charge in [-0.1, -0.05) is 6.08 Å². The van der Waals surface area contributed by atoms with E-state index in [9.17, 15) is 0 Å². The summed E-state index contributed by atoms with van der Waals surface area (Å²) in [7, 11) is 3.32. The molecule has 0 aliphatic rings. The highest BCUT2D eigenvalue weighted by Gasteiger charge is 2.16.